The van der Waals surface area contributed by atoms with E-state index in [0.29, 0.717) is 17.4 Å². The van der Waals surface area contributed by atoms with Crippen molar-refractivity contribution in [2.24, 2.45) is 0 Å². The number of hydrogen-bond donors (Lipinski definition) is 1. The first-order valence-corrected chi connectivity index (χ1v) is 8.00. The molecule has 0 aliphatic heterocycles. The van der Waals surface area contributed by atoms with Gasteiger partial charge in [-0.3, -0.25) is 4.79 Å². The lowest BCUT2D eigenvalue weighted by atomic mass is 10.2. The molecule has 0 aliphatic carbocycles. The van der Waals surface area contributed by atoms with Gasteiger partial charge in [0.15, 0.2) is 0 Å². The number of methoxy groups -OCH3 is 1. The van der Waals surface area contributed by atoms with E-state index >= 15 is 0 Å². The Morgan fingerprint density at radius 2 is 1.96 bits per heavy atom. The van der Waals surface area contributed by atoms with Crippen LogP contribution in [0.2, 0.25) is 5.02 Å². The monoisotopic (exact) mass is 357 g/mol. The van der Waals surface area contributed by atoms with E-state index in [1.165, 1.54) is 0 Å². The highest BCUT2D eigenvalue weighted by molar-refractivity contribution is 6.31. The van der Waals surface area contributed by atoms with E-state index in [9.17, 15) is 4.79 Å². The summed E-state index contributed by atoms with van der Waals surface area (Å²) in [7, 11) is 1.60. The summed E-state index contributed by atoms with van der Waals surface area (Å²) >= 11 is 6.06. The van der Waals surface area contributed by atoms with Crippen LogP contribution in [0.1, 0.15) is 11.5 Å². The number of ether oxygens (including phenoxy) is 1. The third kappa shape index (κ3) is 4.36. The third-order valence-electron chi connectivity index (χ3n) is 3.56. The van der Waals surface area contributed by atoms with Gasteiger partial charge in [0.1, 0.15) is 12.2 Å². The molecule has 7 heteroatoms. The first kappa shape index (κ1) is 17.0. The first-order chi connectivity index (χ1) is 12.2. The average Bonchev–Trinajstić information content (AvgIpc) is 3.09. The summed E-state index contributed by atoms with van der Waals surface area (Å²) in [6.45, 7) is 0.345. The summed E-state index contributed by atoms with van der Waals surface area (Å²) in [6.07, 6.45) is 0.00755. The van der Waals surface area contributed by atoms with Gasteiger partial charge in [-0.05, 0) is 35.9 Å². The zero-order valence-corrected chi connectivity index (χ0v) is 14.3. The molecule has 0 aliphatic rings. The fourth-order valence-corrected chi connectivity index (χ4v) is 2.42. The predicted molar refractivity (Wildman–Crippen MR) is 93.3 cm³/mol. The highest BCUT2D eigenvalue weighted by atomic mass is 35.5. The lowest BCUT2D eigenvalue weighted by Crippen LogP contribution is -2.24. The minimum absolute atomic E-state index is 0.00755. The van der Waals surface area contributed by atoms with E-state index in [-0.39, 0.29) is 18.2 Å². The normalized spacial score (nSPS) is 10.5. The number of aromatic nitrogens is 2. The van der Waals surface area contributed by atoms with Crippen molar-refractivity contribution in [3.05, 3.63) is 65.0 Å². The van der Waals surface area contributed by atoms with Crippen LogP contribution >= 0.6 is 11.6 Å². The van der Waals surface area contributed by atoms with Gasteiger partial charge >= 0.3 is 0 Å². The Morgan fingerprint density at radius 1 is 1.20 bits per heavy atom. The molecule has 0 radical (unpaired) electrons. The molecule has 0 saturated carbocycles. The Labute approximate surface area is 149 Å². The predicted octanol–water partition coefficient (Wildman–Crippen LogP) is 3.26. The van der Waals surface area contributed by atoms with E-state index in [4.69, 9.17) is 20.9 Å². The van der Waals surface area contributed by atoms with Crippen LogP contribution in [0.5, 0.6) is 5.75 Å². The summed E-state index contributed by atoms with van der Waals surface area (Å²) in [5.41, 5.74) is 1.63. The van der Waals surface area contributed by atoms with E-state index < -0.39 is 0 Å². The van der Waals surface area contributed by atoms with Crippen LogP contribution in [0, 0.1) is 0 Å². The van der Waals surface area contributed by atoms with Gasteiger partial charge in [-0.25, -0.2) is 0 Å². The second kappa shape index (κ2) is 7.81. The number of carbonyl (C=O) groups is 1. The molecular weight excluding hydrogens is 342 g/mol. The van der Waals surface area contributed by atoms with Crippen molar-refractivity contribution in [2.45, 2.75) is 13.0 Å². The summed E-state index contributed by atoms with van der Waals surface area (Å²) in [5.74, 6) is 1.20. The Balaban J connectivity index is 1.59. The summed E-state index contributed by atoms with van der Waals surface area (Å²) < 4.78 is 10.3. The highest BCUT2D eigenvalue weighted by Gasteiger charge is 2.13. The molecule has 2 aromatic carbocycles. The average molecular weight is 358 g/mol. The molecule has 128 valence electrons. The van der Waals surface area contributed by atoms with Crippen molar-refractivity contribution in [2.75, 3.05) is 7.11 Å². The molecule has 1 N–H and O–H groups in total. The highest BCUT2D eigenvalue weighted by Crippen LogP contribution is 2.20. The molecule has 1 heterocycles. The molecule has 6 nitrogen and oxygen atoms in total. The number of carbonyl (C=O) groups excluding carboxylic acids is 1. The number of nitrogens with one attached hydrogen (secondary N) is 1. The van der Waals surface area contributed by atoms with Crippen LogP contribution in [0.15, 0.2) is 53.1 Å². The van der Waals surface area contributed by atoms with Crippen molar-refractivity contribution in [1.82, 2.24) is 15.5 Å². The van der Waals surface area contributed by atoms with Gasteiger partial charge in [0, 0.05) is 17.1 Å². The standard InChI is InChI=1S/C18H16ClN3O3/c1-24-14-8-6-12(7-9-14)18-21-17(25-22-18)10-16(23)20-11-13-4-2-3-5-15(13)19/h2-9H,10-11H2,1H3,(H,20,23). The number of amides is 1. The lowest BCUT2D eigenvalue weighted by Gasteiger charge is -2.05. The maximum Gasteiger partial charge on any atom is 0.236 e. The van der Waals surface area contributed by atoms with Crippen molar-refractivity contribution in [3.63, 3.8) is 0 Å². The van der Waals surface area contributed by atoms with Gasteiger partial charge in [0.05, 0.1) is 7.11 Å². The van der Waals surface area contributed by atoms with E-state index in [1.807, 2.05) is 42.5 Å². The Hall–Kier alpha value is -2.86. The molecular formula is C18H16ClN3O3. The summed E-state index contributed by atoms with van der Waals surface area (Å²) in [4.78, 5) is 16.3. The van der Waals surface area contributed by atoms with Crippen LogP contribution in [-0.2, 0) is 17.8 Å². The quantitative estimate of drug-likeness (QED) is 0.732. The minimum atomic E-state index is -0.218. The molecule has 0 saturated heterocycles. The molecule has 0 atom stereocenters. The van der Waals surface area contributed by atoms with Gasteiger partial charge < -0.3 is 14.6 Å². The zero-order chi connectivity index (χ0) is 17.6. The maximum absolute atomic E-state index is 12.0. The smallest absolute Gasteiger partial charge is 0.236 e. The summed E-state index contributed by atoms with van der Waals surface area (Å²) in [6, 6.07) is 14.6. The second-order valence-electron chi connectivity index (χ2n) is 5.29. The number of benzene rings is 2. The molecule has 3 aromatic rings. The third-order valence-corrected chi connectivity index (χ3v) is 3.93. The van der Waals surface area contributed by atoms with Crippen molar-refractivity contribution in [1.29, 1.82) is 0 Å². The van der Waals surface area contributed by atoms with Gasteiger partial charge in [-0.2, -0.15) is 4.98 Å². The molecule has 1 aromatic heterocycles. The van der Waals surface area contributed by atoms with Gasteiger partial charge in [0.25, 0.3) is 0 Å². The van der Waals surface area contributed by atoms with Crippen LogP contribution in [0.4, 0.5) is 0 Å². The molecule has 0 unspecified atom stereocenters. The van der Waals surface area contributed by atoms with E-state index in [1.54, 1.807) is 13.2 Å². The second-order valence-corrected chi connectivity index (χ2v) is 5.69. The number of hydrogen-bond acceptors (Lipinski definition) is 5. The number of rotatable bonds is 6. The van der Waals surface area contributed by atoms with Crippen LogP contribution < -0.4 is 10.1 Å². The Bertz CT molecular complexity index is 862. The Morgan fingerprint density at radius 3 is 2.68 bits per heavy atom. The molecule has 25 heavy (non-hydrogen) atoms. The van der Waals surface area contributed by atoms with Crippen molar-refractivity contribution >= 4 is 17.5 Å². The maximum atomic E-state index is 12.0. The van der Waals surface area contributed by atoms with Crippen molar-refractivity contribution < 1.29 is 14.1 Å². The molecule has 0 fully saturated rings. The number of halogens is 1. The molecule has 0 spiro atoms. The summed E-state index contributed by atoms with van der Waals surface area (Å²) in [5, 5.41) is 7.30. The van der Waals surface area contributed by atoms with Crippen LogP contribution in [-0.4, -0.2) is 23.2 Å². The Kier molecular flexibility index (Phi) is 5.30. The lowest BCUT2D eigenvalue weighted by molar-refractivity contribution is -0.120. The molecule has 1 amide bonds. The first-order valence-electron chi connectivity index (χ1n) is 7.63. The minimum Gasteiger partial charge on any atom is -0.497 e. The molecule has 3 rings (SSSR count). The van der Waals surface area contributed by atoms with Crippen molar-refractivity contribution in [3.8, 4) is 17.1 Å². The molecule has 0 bridgehead atoms. The SMILES string of the molecule is COc1ccc(-c2noc(CC(=O)NCc3ccccc3Cl)n2)cc1. The fraction of sp³-hybridized carbons (Fsp3) is 0.167. The fourth-order valence-electron chi connectivity index (χ4n) is 2.22. The topological polar surface area (TPSA) is 77.2 Å². The van der Waals surface area contributed by atoms with E-state index in [2.05, 4.69) is 15.5 Å². The number of nitrogens with zero attached hydrogens (tertiary/aromatic N) is 2. The zero-order valence-electron chi connectivity index (χ0n) is 13.5. The van der Waals surface area contributed by atoms with E-state index in [0.717, 1.165) is 16.9 Å². The largest absolute Gasteiger partial charge is 0.497 e. The van der Waals surface area contributed by atoms with Crippen LogP contribution in [0.3, 0.4) is 0 Å². The van der Waals surface area contributed by atoms with Gasteiger partial charge in [0.2, 0.25) is 17.6 Å². The van der Waals surface area contributed by atoms with Gasteiger partial charge in [-0.15, -0.1) is 0 Å². The van der Waals surface area contributed by atoms with Gasteiger partial charge in [-0.1, -0.05) is 35.0 Å². The van der Waals surface area contributed by atoms with Crippen LogP contribution in [0.25, 0.3) is 11.4 Å².